The highest BCUT2D eigenvalue weighted by molar-refractivity contribution is 5.34. The lowest BCUT2D eigenvalue weighted by atomic mass is 9.98. The van der Waals surface area contributed by atoms with E-state index in [1.165, 1.54) is 12.0 Å². The Hall–Kier alpha value is -1.42. The summed E-state index contributed by atoms with van der Waals surface area (Å²) in [5.41, 5.74) is 2.51. The van der Waals surface area contributed by atoms with Crippen molar-refractivity contribution in [3.63, 3.8) is 0 Å². The van der Waals surface area contributed by atoms with Crippen LogP contribution in [0.2, 0.25) is 0 Å². The minimum atomic E-state index is -2.77. The molecule has 4 heteroatoms. The molecule has 0 radical (unpaired) electrons. The van der Waals surface area contributed by atoms with E-state index in [1.807, 2.05) is 12.1 Å². The number of nitrogens with one attached hydrogen (secondary N) is 1. The molecule has 1 aromatic carbocycles. The molecule has 1 aliphatic rings. The van der Waals surface area contributed by atoms with Crippen LogP contribution in [0.5, 0.6) is 5.75 Å². The predicted octanol–water partition coefficient (Wildman–Crippen LogP) is 4.44. The van der Waals surface area contributed by atoms with Gasteiger partial charge in [-0.1, -0.05) is 30.7 Å². The van der Waals surface area contributed by atoms with Gasteiger partial charge in [0.15, 0.2) is 0 Å². The first-order valence-electron chi connectivity index (χ1n) is 7.17. The molecule has 0 bridgehead atoms. The average Bonchev–Trinajstić information content (AvgIpc) is 2.94. The van der Waals surface area contributed by atoms with E-state index in [1.54, 1.807) is 12.1 Å². The molecule has 1 N–H and O–H groups in total. The molecule has 2 nitrogen and oxygen atoms in total. The first-order chi connectivity index (χ1) is 9.70. The van der Waals surface area contributed by atoms with Crippen molar-refractivity contribution in [2.24, 2.45) is 0 Å². The summed E-state index contributed by atoms with van der Waals surface area (Å²) in [6.45, 7) is 0.302. The number of allylic oxidation sites excluding steroid dienone is 1. The lowest BCUT2D eigenvalue weighted by Gasteiger charge is -2.21. The molecule has 0 saturated carbocycles. The van der Waals surface area contributed by atoms with E-state index in [4.69, 9.17) is 0 Å². The Morgan fingerprint density at radius 2 is 2.00 bits per heavy atom. The molecule has 0 aromatic heterocycles. The van der Waals surface area contributed by atoms with Crippen LogP contribution in [0.4, 0.5) is 8.78 Å². The van der Waals surface area contributed by atoms with Crippen LogP contribution in [0.25, 0.3) is 0 Å². The van der Waals surface area contributed by atoms with Gasteiger partial charge in [0, 0.05) is 0 Å². The van der Waals surface area contributed by atoms with Gasteiger partial charge in [0.25, 0.3) is 0 Å². The third kappa shape index (κ3) is 4.04. The van der Waals surface area contributed by atoms with Gasteiger partial charge < -0.3 is 10.1 Å². The minimum absolute atomic E-state index is 0.193. The number of hydrogen-bond acceptors (Lipinski definition) is 2. The van der Waals surface area contributed by atoms with Crippen LogP contribution in [0.1, 0.15) is 44.2 Å². The minimum Gasteiger partial charge on any atom is -0.435 e. The summed E-state index contributed by atoms with van der Waals surface area (Å²) in [5.74, 6) is 0.207. The summed E-state index contributed by atoms with van der Waals surface area (Å²) in [6.07, 6.45) is 6.79. The van der Waals surface area contributed by atoms with Crippen LogP contribution >= 0.6 is 0 Å². The molecule has 110 valence electrons. The zero-order chi connectivity index (χ0) is 14.4. The normalized spacial score (nSPS) is 16.3. The molecule has 0 aliphatic heterocycles. The summed E-state index contributed by atoms with van der Waals surface area (Å²) in [5, 5.41) is 3.53. The zero-order valence-electron chi connectivity index (χ0n) is 11.7. The second-order valence-electron chi connectivity index (χ2n) is 5.01. The van der Waals surface area contributed by atoms with E-state index >= 15 is 0 Å². The molecule has 2 rings (SSSR count). The number of alkyl halides is 2. The Morgan fingerprint density at radius 3 is 2.55 bits per heavy atom. The quantitative estimate of drug-likeness (QED) is 0.746. The predicted molar refractivity (Wildman–Crippen MR) is 76.0 cm³/mol. The van der Waals surface area contributed by atoms with Crippen molar-refractivity contribution in [1.82, 2.24) is 5.32 Å². The second-order valence-corrected chi connectivity index (χ2v) is 5.01. The van der Waals surface area contributed by atoms with Crippen LogP contribution in [-0.4, -0.2) is 13.2 Å². The zero-order valence-corrected chi connectivity index (χ0v) is 11.7. The third-order valence-corrected chi connectivity index (χ3v) is 3.48. The van der Waals surface area contributed by atoms with E-state index < -0.39 is 6.61 Å². The summed E-state index contributed by atoms with van der Waals surface area (Å²) in [7, 11) is 0. The lowest BCUT2D eigenvalue weighted by Crippen LogP contribution is -2.23. The van der Waals surface area contributed by atoms with Crippen molar-refractivity contribution in [3.8, 4) is 5.75 Å². The van der Waals surface area contributed by atoms with E-state index in [0.29, 0.717) is 0 Å². The van der Waals surface area contributed by atoms with Crippen molar-refractivity contribution < 1.29 is 13.5 Å². The molecule has 1 aliphatic carbocycles. The molecule has 0 spiro atoms. The maximum Gasteiger partial charge on any atom is 0.387 e. The summed E-state index contributed by atoms with van der Waals surface area (Å²) < 4.78 is 28.7. The SMILES string of the molecule is CCCNC(C1=CCCC1)c1ccc(OC(F)F)cc1. The number of ether oxygens (including phenoxy) is 1. The Balaban J connectivity index is 2.11. The fourth-order valence-electron chi connectivity index (χ4n) is 2.55. The Kier molecular flexibility index (Phi) is 5.53. The first kappa shape index (κ1) is 15.0. The average molecular weight is 281 g/mol. The van der Waals surface area contributed by atoms with E-state index in [0.717, 1.165) is 31.4 Å². The van der Waals surface area contributed by atoms with Gasteiger partial charge in [0.1, 0.15) is 5.75 Å². The summed E-state index contributed by atoms with van der Waals surface area (Å²) >= 11 is 0. The van der Waals surface area contributed by atoms with Gasteiger partial charge in [-0.25, -0.2) is 0 Å². The van der Waals surface area contributed by atoms with Gasteiger partial charge in [-0.15, -0.1) is 0 Å². The topological polar surface area (TPSA) is 21.3 Å². The standard InChI is InChI=1S/C16H21F2NO/c1-2-11-19-15(12-5-3-4-6-12)13-7-9-14(10-8-13)20-16(17)18/h5,7-10,15-16,19H,2-4,6,11H2,1H3. The Bertz CT molecular complexity index is 442. The summed E-state index contributed by atoms with van der Waals surface area (Å²) in [6, 6.07) is 7.14. The van der Waals surface area contributed by atoms with Crippen molar-refractivity contribution in [2.45, 2.75) is 45.3 Å². The third-order valence-electron chi connectivity index (χ3n) is 3.48. The Morgan fingerprint density at radius 1 is 1.25 bits per heavy atom. The van der Waals surface area contributed by atoms with Crippen LogP contribution < -0.4 is 10.1 Å². The van der Waals surface area contributed by atoms with Crippen LogP contribution in [0.15, 0.2) is 35.9 Å². The fourth-order valence-corrected chi connectivity index (χ4v) is 2.55. The smallest absolute Gasteiger partial charge is 0.387 e. The van der Waals surface area contributed by atoms with Crippen molar-refractivity contribution in [2.75, 3.05) is 6.54 Å². The van der Waals surface area contributed by atoms with Gasteiger partial charge in [-0.3, -0.25) is 0 Å². The number of benzene rings is 1. The maximum atomic E-state index is 12.1. The maximum absolute atomic E-state index is 12.1. The monoisotopic (exact) mass is 281 g/mol. The van der Waals surface area contributed by atoms with Gasteiger partial charge in [0.2, 0.25) is 0 Å². The molecule has 0 fully saturated rings. The molecule has 1 aromatic rings. The van der Waals surface area contributed by atoms with Crippen LogP contribution in [0.3, 0.4) is 0 Å². The van der Waals surface area contributed by atoms with E-state index in [2.05, 4.69) is 23.1 Å². The molecule has 0 saturated heterocycles. The fraction of sp³-hybridized carbons (Fsp3) is 0.500. The molecule has 1 atom stereocenters. The van der Waals surface area contributed by atoms with E-state index in [-0.39, 0.29) is 11.8 Å². The second kappa shape index (κ2) is 7.39. The largest absolute Gasteiger partial charge is 0.435 e. The Labute approximate surface area is 118 Å². The number of halogens is 2. The van der Waals surface area contributed by atoms with Crippen molar-refractivity contribution in [1.29, 1.82) is 0 Å². The molecule has 20 heavy (non-hydrogen) atoms. The molecule has 1 unspecified atom stereocenters. The molecule has 0 amide bonds. The highest BCUT2D eigenvalue weighted by Gasteiger charge is 2.18. The van der Waals surface area contributed by atoms with Crippen LogP contribution in [0, 0.1) is 0 Å². The number of hydrogen-bond donors (Lipinski definition) is 1. The highest BCUT2D eigenvalue weighted by atomic mass is 19.3. The summed E-state index contributed by atoms with van der Waals surface area (Å²) in [4.78, 5) is 0. The van der Waals surface area contributed by atoms with Gasteiger partial charge in [-0.05, 0) is 49.9 Å². The van der Waals surface area contributed by atoms with Gasteiger partial charge in [0.05, 0.1) is 6.04 Å². The first-order valence-corrected chi connectivity index (χ1v) is 7.17. The highest BCUT2D eigenvalue weighted by Crippen LogP contribution is 2.31. The van der Waals surface area contributed by atoms with Crippen molar-refractivity contribution in [3.05, 3.63) is 41.5 Å². The van der Waals surface area contributed by atoms with Gasteiger partial charge >= 0.3 is 6.61 Å². The van der Waals surface area contributed by atoms with Gasteiger partial charge in [-0.2, -0.15) is 8.78 Å². The van der Waals surface area contributed by atoms with Crippen molar-refractivity contribution >= 4 is 0 Å². The number of rotatable bonds is 7. The lowest BCUT2D eigenvalue weighted by molar-refractivity contribution is -0.0498. The molecule has 0 heterocycles. The van der Waals surface area contributed by atoms with Crippen LogP contribution in [-0.2, 0) is 0 Å². The molecular weight excluding hydrogens is 260 g/mol. The molecular formula is C16H21F2NO. The van der Waals surface area contributed by atoms with E-state index in [9.17, 15) is 8.78 Å².